The summed E-state index contributed by atoms with van der Waals surface area (Å²) in [5.41, 5.74) is 4.36. The molecule has 3 aromatic heterocycles. The first-order valence-corrected chi connectivity index (χ1v) is 11.6. The van der Waals surface area contributed by atoms with Gasteiger partial charge in [0.2, 0.25) is 5.88 Å². The molecule has 1 aliphatic heterocycles. The van der Waals surface area contributed by atoms with Crippen molar-refractivity contribution in [3.8, 4) is 11.6 Å². The Morgan fingerprint density at radius 1 is 1.33 bits per heavy atom. The van der Waals surface area contributed by atoms with Gasteiger partial charge in [-0.25, -0.2) is 4.98 Å². The zero-order chi connectivity index (χ0) is 25.1. The van der Waals surface area contributed by atoms with Crippen molar-refractivity contribution in [3.05, 3.63) is 76.2 Å². The summed E-state index contributed by atoms with van der Waals surface area (Å²) in [6.45, 7) is 5.55. The number of hydrazone groups is 1. The fourth-order valence-corrected chi connectivity index (χ4v) is 4.37. The number of aryl methyl sites for hydroxylation is 1. The van der Waals surface area contributed by atoms with E-state index in [1.54, 1.807) is 24.4 Å². The van der Waals surface area contributed by atoms with E-state index >= 15 is 0 Å². The lowest BCUT2D eigenvalue weighted by atomic mass is 9.91. The van der Waals surface area contributed by atoms with Crippen molar-refractivity contribution in [2.75, 3.05) is 26.9 Å². The summed E-state index contributed by atoms with van der Waals surface area (Å²) >= 11 is 0. The van der Waals surface area contributed by atoms with Gasteiger partial charge in [0.25, 0.3) is 11.5 Å². The molecule has 3 N–H and O–H groups in total. The minimum absolute atomic E-state index is 0.243. The molecular formula is C25H27N7O4. The van der Waals surface area contributed by atoms with E-state index in [0.717, 1.165) is 36.1 Å². The first-order valence-electron chi connectivity index (χ1n) is 11.6. The van der Waals surface area contributed by atoms with Gasteiger partial charge in [-0.3, -0.25) is 14.3 Å². The second-order valence-electron chi connectivity index (χ2n) is 8.55. The van der Waals surface area contributed by atoms with E-state index in [0.29, 0.717) is 48.2 Å². The van der Waals surface area contributed by atoms with Gasteiger partial charge in [-0.05, 0) is 42.2 Å². The van der Waals surface area contributed by atoms with Crippen LogP contribution >= 0.6 is 0 Å². The van der Waals surface area contributed by atoms with Crippen LogP contribution < -0.4 is 21.5 Å². The summed E-state index contributed by atoms with van der Waals surface area (Å²) in [4.78, 5) is 26.1. The number of hydrogen-bond donors (Lipinski definition) is 2. The van der Waals surface area contributed by atoms with E-state index in [4.69, 9.17) is 25.0 Å². The van der Waals surface area contributed by atoms with E-state index in [1.807, 2.05) is 6.07 Å². The molecule has 0 spiro atoms. The molecular weight excluding hydrogens is 462 g/mol. The normalized spacial score (nSPS) is 19.5. The second kappa shape index (κ2) is 10.2. The van der Waals surface area contributed by atoms with Gasteiger partial charge < -0.3 is 25.4 Å². The van der Waals surface area contributed by atoms with Gasteiger partial charge in [-0.2, -0.15) is 4.98 Å². The number of ether oxygens (including phenoxy) is 3. The van der Waals surface area contributed by atoms with Crippen LogP contribution in [0.2, 0.25) is 0 Å². The van der Waals surface area contributed by atoms with E-state index < -0.39 is 0 Å². The van der Waals surface area contributed by atoms with Crippen LogP contribution in [0.15, 0.2) is 64.5 Å². The summed E-state index contributed by atoms with van der Waals surface area (Å²) in [7, 11) is 1.54. The average Bonchev–Trinajstić information content (AvgIpc) is 2.91. The fraction of sp³-hybridized carbons (Fsp3) is 0.320. The van der Waals surface area contributed by atoms with Gasteiger partial charge in [0.15, 0.2) is 11.4 Å². The molecule has 1 unspecified atom stereocenters. The monoisotopic (exact) mass is 489 g/mol. The van der Waals surface area contributed by atoms with Crippen molar-refractivity contribution in [2.24, 2.45) is 10.9 Å². The average molecular weight is 490 g/mol. The number of fused-ring (bicyclic) bond motifs is 2. The first-order chi connectivity index (χ1) is 17.6. The molecule has 0 radical (unpaired) electrons. The Kier molecular flexibility index (Phi) is 6.63. The van der Waals surface area contributed by atoms with Crippen LogP contribution in [0, 0.1) is 0 Å². The molecule has 1 saturated heterocycles. The molecule has 1 fully saturated rings. The van der Waals surface area contributed by atoms with Crippen molar-refractivity contribution in [3.63, 3.8) is 0 Å². The summed E-state index contributed by atoms with van der Waals surface area (Å²) in [6, 6.07) is 5.75. The number of aromatic nitrogens is 4. The maximum Gasteiger partial charge on any atom is 0.275 e. The first kappa shape index (κ1) is 23.5. The molecule has 36 heavy (non-hydrogen) atoms. The second-order valence-corrected chi connectivity index (χ2v) is 8.55. The molecule has 1 aliphatic carbocycles. The molecule has 4 heterocycles. The smallest absolute Gasteiger partial charge is 0.275 e. The molecule has 3 aromatic rings. The molecule has 0 saturated carbocycles. The largest absolute Gasteiger partial charge is 0.484 e. The SMILES string of the molecule is C=C(/C=C1/OCCO/C1=N/N)CNC1CCc2cc(-n3c(=O)cnc4ccc(OC)nc43)cnc2C1. The van der Waals surface area contributed by atoms with Gasteiger partial charge in [0.05, 0.1) is 25.2 Å². The summed E-state index contributed by atoms with van der Waals surface area (Å²) in [5, 5.41) is 7.15. The summed E-state index contributed by atoms with van der Waals surface area (Å²) < 4.78 is 17.7. The molecule has 5 rings (SSSR count). The van der Waals surface area contributed by atoms with Gasteiger partial charge in [-0.15, -0.1) is 5.10 Å². The van der Waals surface area contributed by atoms with E-state index in [1.165, 1.54) is 17.9 Å². The number of nitrogens with one attached hydrogen (secondary N) is 1. The molecule has 11 heteroatoms. The van der Waals surface area contributed by atoms with Gasteiger partial charge in [0.1, 0.15) is 18.7 Å². The predicted molar refractivity (Wildman–Crippen MR) is 134 cm³/mol. The minimum Gasteiger partial charge on any atom is -0.484 e. The van der Waals surface area contributed by atoms with Gasteiger partial charge >= 0.3 is 0 Å². The Labute approximate surface area is 207 Å². The highest BCUT2D eigenvalue weighted by Gasteiger charge is 2.22. The van der Waals surface area contributed by atoms with Gasteiger partial charge in [-0.1, -0.05) is 6.58 Å². The topological polar surface area (TPSA) is 139 Å². The lowest BCUT2D eigenvalue weighted by Crippen LogP contribution is -2.36. The molecule has 2 aliphatic rings. The van der Waals surface area contributed by atoms with E-state index in [9.17, 15) is 4.79 Å². The Balaban J connectivity index is 1.30. The third-order valence-electron chi connectivity index (χ3n) is 6.15. The van der Waals surface area contributed by atoms with Crippen LogP contribution in [0.4, 0.5) is 0 Å². The van der Waals surface area contributed by atoms with Crippen LogP contribution in [0.5, 0.6) is 5.88 Å². The number of hydrogen-bond acceptors (Lipinski definition) is 10. The number of nitrogens with zero attached hydrogens (tertiary/aromatic N) is 5. The highest BCUT2D eigenvalue weighted by molar-refractivity contribution is 5.92. The van der Waals surface area contributed by atoms with Crippen LogP contribution in [-0.4, -0.2) is 58.3 Å². The van der Waals surface area contributed by atoms with Gasteiger partial charge in [0, 0.05) is 30.8 Å². The molecule has 0 bridgehead atoms. The standard InChI is InChI=1S/C25H27N7O4/c1-15(9-21-25(31-26)36-8-7-35-21)12-27-17-4-3-16-10-18(13-28-20(16)11-17)32-23(33)14-29-19-5-6-22(34-2)30-24(19)32/h5-6,9-10,13-14,17,27H,1,3-4,7-8,11-12,26H2,2H3/b21-9+,31-25+. The predicted octanol–water partition coefficient (Wildman–Crippen LogP) is 1.39. The molecule has 186 valence electrons. The van der Waals surface area contributed by atoms with Crippen molar-refractivity contribution < 1.29 is 14.2 Å². The molecule has 0 amide bonds. The number of nitrogens with two attached hydrogens (primary N) is 1. The van der Waals surface area contributed by atoms with Crippen molar-refractivity contribution >= 4 is 17.1 Å². The summed E-state index contributed by atoms with van der Waals surface area (Å²) in [6.07, 6.45) is 7.32. The molecule has 0 aromatic carbocycles. The maximum atomic E-state index is 12.7. The zero-order valence-corrected chi connectivity index (χ0v) is 19.9. The fourth-order valence-electron chi connectivity index (χ4n) is 4.37. The van der Waals surface area contributed by atoms with Crippen LogP contribution in [0.1, 0.15) is 17.7 Å². The third-order valence-corrected chi connectivity index (χ3v) is 6.15. The molecule has 11 nitrogen and oxygen atoms in total. The Morgan fingerprint density at radius 3 is 3.03 bits per heavy atom. The third kappa shape index (κ3) is 4.78. The van der Waals surface area contributed by atoms with E-state index in [-0.39, 0.29) is 17.5 Å². The highest BCUT2D eigenvalue weighted by Crippen LogP contribution is 2.24. The van der Waals surface area contributed by atoms with Crippen molar-refractivity contribution in [1.82, 2.24) is 24.8 Å². The number of methoxy groups -OCH3 is 1. The zero-order valence-electron chi connectivity index (χ0n) is 19.9. The quantitative estimate of drug-likeness (QED) is 0.388. The van der Waals surface area contributed by atoms with Crippen LogP contribution in [0.25, 0.3) is 16.9 Å². The van der Waals surface area contributed by atoms with Crippen LogP contribution in [0.3, 0.4) is 0 Å². The van der Waals surface area contributed by atoms with Crippen LogP contribution in [-0.2, 0) is 22.3 Å². The number of pyridine rings is 2. The Morgan fingerprint density at radius 2 is 2.19 bits per heavy atom. The van der Waals surface area contributed by atoms with Crippen molar-refractivity contribution in [1.29, 1.82) is 0 Å². The lowest BCUT2D eigenvalue weighted by molar-refractivity contribution is 0.116. The molecule has 1 atom stereocenters. The Hall–Kier alpha value is -4.25. The van der Waals surface area contributed by atoms with Crippen molar-refractivity contribution in [2.45, 2.75) is 25.3 Å². The summed E-state index contributed by atoms with van der Waals surface area (Å²) in [5.74, 6) is 6.54. The lowest BCUT2D eigenvalue weighted by Gasteiger charge is -2.26. The van der Waals surface area contributed by atoms with E-state index in [2.05, 4.69) is 27.0 Å². The minimum atomic E-state index is -0.275. The highest BCUT2D eigenvalue weighted by atomic mass is 16.6. The maximum absolute atomic E-state index is 12.7. The Bertz CT molecular complexity index is 1430. The number of rotatable bonds is 6.